The number of fused-ring (bicyclic) bond motifs is 1. The molecular weight excluding hydrogens is 381 g/mol. The minimum Gasteiger partial charge on any atom is -0.497 e. The van der Waals surface area contributed by atoms with Crippen LogP contribution in [0.15, 0.2) is 52.7 Å². The molecule has 3 rings (SSSR count). The Kier molecular flexibility index (Phi) is 5.96. The summed E-state index contributed by atoms with van der Waals surface area (Å²) in [6.07, 6.45) is 3.24. The van der Waals surface area contributed by atoms with E-state index in [-0.39, 0.29) is 5.02 Å². The number of allylic oxidation sites excluding steroid dienone is 2. The lowest BCUT2D eigenvalue weighted by atomic mass is 10.2. The number of benzene rings is 2. The quantitative estimate of drug-likeness (QED) is 0.454. The van der Waals surface area contributed by atoms with E-state index in [0.717, 1.165) is 11.0 Å². The summed E-state index contributed by atoms with van der Waals surface area (Å²) in [7, 11) is 1.59. The van der Waals surface area contributed by atoms with Gasteiger partial charge in [0.15, 0.2) is 5.82 Å². The molecule has 2 aromatic carbocycles. The molecule has 142 valence electrons. The summed E-state index contributed by atoms with van der Waals surface area (Å²) < 4.78 is 18.8. The molecule has 6 nitrogen and oxygen atoms in total. The van der Waals surface area contributed by atoms with Gasteiger partial charge in [-0.05, 0) is 48.9 Å². The van der Waals surface area contributed by atoms with Gasteiger partial charge in [0.25, 0.3) is 0 Å². The predicted molar refractivity (Wildman–Crippen MR) is 112 cm³/mol. The molecule has 0 aliphatic rings. The van der Waals surface area contributed by atoms with Crippen molar-refractivity contribution in [3.8, 4) is 5.75 Å². The van der Waals surface area contributed by atoms with Crippen LogP contribution in [0.25, 0.3) is 16.5 Å². The molecule has 0 fully saturated rings. The van der Waals surface area contributed by atoms with Crippen LogP contribution in [0.5, 0.6) is 5.75 Å². The van der Waals surface area contributed by atoms with Crippen LogP contribution in [0.1, 0.15) is 12.7 Å². The molecular formula is C20H17ClFN5O. The van der Waals surface area contributed by atoms with E-state index in [2.05, 4.69) is 32.2 Å². The lowest BCUT2D eigenvalue weighted by Crippen LogP contribution is -2.01. The fraction of sp³-hybridized carbons (Fsp3) is 0.100. The molecule has 0 spiro atoms. The molecule has 1 heterocycles. The van der Waals surface area contributed by atoms with Crippen molar-refractivity contribution in [2.45, 2.75) is 6.92 Å². The largest absolute Gasteiger partial charge is 0.497 e. The van der Waals surface area contributed by atoms with Crippen molar-refractivity contribution in [2.24, 2.45) is 10.2 Å². The topological polar surface area (TPSA) is 71.8 Å². The van der Waals surface area contributed by atoms with Gasteiger partial charge >= 0.3 is 0 Å². The monoisotopic (exact) mass is 397 g/mol. The zero-order valence-electron chi connectivity index (χ0n) is 15.3. The Labute approximate surface area is 166 Å². The predicted octanol–water partition coefficient (Wildman–Crippen LogP) is 5.26. The third kappa shape index (κ3) is 4.32. The highest BCUT2D eigenvalue weighted by molar-refractivity contribution is 6.31. The number of nitrogens with zero attached hydrogens (tertiary/aromatic N) is 4. The van der Waals surface area contributed by atoms with Gasteiger partial charge in [-0.25, -0.2) is 14.4 Å². The fourth-order valence-electron chi connectivity index (χ4n) is 2.49. The number of methoxy groups -OCH3 is 1. The minimum atomic E-state index is -0.487. The average Bonchev–Trinajstić information content (AvgIpc) is 2.70. The summed E-state index contributed by atoms with van der Waals surface area (Å²) >= 11 is 5.89. The van der Waals surface area contributed by atoms with Crippen molar-refractivity contribution < 1.29 is 9.13 Å². The lowest BCUT2D eigenvalue weighted by Gasteiger charge is -2.12. The van der Waals surface area contributed by atoms with Gasteiger partial charge in [-0.2, -0.15) is 10.2 Å². The van der Waals surface area contributed by atoms with Gasteiger partial charge in [-0.1, -0.05) is 11.6 Å². The molecule has 0 unspecified atom stereocenters. The molecule has 1 aromatic heterocycles. The summed E-state index contributed by atoms with van der Waals surface area (Å²) in [5.41, 5.74) is 2.07. The Balaban J connectivity index is 2.12. The second-order valence-electron chi connectivity index (χ2n) is 5.79. The van der Waals surface area contributed by atoms with Crippen LogP contribution in [0.3, 0.4) is 0 Å². The Morgan fingerprint density at radius 3 is 2.79 bits per heavy atom. The SMILES string of the molecule is C=N/N=C\C=C(/C)c1nc(Nc2ccc(F)c(Cl)c2)c2ccc(OC)cc2n1. The van der Waals surface area contributed by atoms with Crippen LogP contribution in [0, 0.1) is 5.82 Å². The standard InChI is InChI=1S/C20H17ClFN5O/c1-12(8-9-24-23-2)19-26-18-11-14(28-3)5-6-15(18)20(27-19)25-13-4-7-17(22)16(21)10-13/h4-11H,2H2,1,3H3,(H,25,26,27)/b12-8+,24-9-. The molecule has 3 aromatic rings. The number of ether oxygens (including phenoxy) is 1. The van der Waals surface area contributed by atoms with Crippen molar-refractivity contribution in [2.75, 3.05) is 12.4 Å². The van der Waals surface area contributed by atoms with E-state index in [0.29, 0.717) is 28.6 Å². The van der Waals surface area contributed by atoms with Crippen molar-refractivity contribution in [3.05, 3.63) is 59.1 Å². The normalized spacial score (nSPS) is 11.8. The van der Waals surface area contributed by atoms with Crippen LogP contribution >= 0.6 is 11.6 Å². The zero-order valence-corrected chi connectivity index (χ0v) is 16.0. The van der Waals surface area contributed by atoms with E-state index in [1.807, 2.05) is 25.1 Å². The van der Waals surface area contributed by atoms with Gasteiger partial charge in [-0.3, -0.25) is 0 Å². The minimum absolute atomic E-state index is 0.0227. The van der Waals surface area contributed by atoms with E-state index in [1.54, 1.807) is 19.3 Å². The summed E-state index contributed by atoms with van der Waals surface area (Å²) in [5, 5.41) is 11.1. The van der Waals surface area contributed by atoms with Gasteiger partial charge in [0.2, 0.25) is 0 Å². The third-order valence-corrected chi connectivity index (χ3v) is 4.20. The van der Waals surface area contributed by atoms with Crippen LogP contribution in [-0.2, 0) is 0 Å². The molecule has 0 amide bonds. The van der Waals surface area contributed by atoms with E-state index in [9.17, 15) is 4.39 Å². The Morgan fingerprint density at radius 2 is 2.07 bits per heavy atom. The molecule has 28 heavy (non-hydrogen) atoms. The first-order valence-electron chi connectivity index (χ1n) is 8.26. The van der Waals surface area contributed by atoms with Gasteiger partial charge in [0.05, 0.1) is 17.6 Å². The zero-order chi connectivity index (χ0) is 20.1. The second kappa shape index (κ2) is 8.58. The van der Waals surface area contributed by atoms with Crippen LogP contribution < -0.4 is 10.1 Å². The highest BCUT2D eigenvalue weighted by Crippen LogP contribution is 2.29. The molecule has 0 radical (unpaired) electrons. The number of halogens is 2. The smallest absolute Gasteiger partial charge is 0.157 e. The first-order valence-corrected chi connectivity index (χ1v) is 8.64. The first-order chi connectivity index (χ1) is 13.5. The Morgan fingerprint density at radius 1 is 1.25 bits per heavy atom. The molecule has 0 bridgehead atoms. The maximum Gasteiger partial charge on any atom is 0.157 e. The van der Waals surface area contributed by atoms with Crippen molar-refractivity contribution in [3.63, 3.8) is 0 Å². The van der Waals surface area contributed by atoms with Crippen molar-refractivity contribution in [1.29, 1.82) is 0 Å². The van der Waals surface area contributed by atoms with Crippen LogP contribution in [0.2, 0.25) is 5.02 Å². The molecule has 0 aliphatic carbocycles. The Bertz CT molecular complexity index is 1100. The average molecular weight is 398 g/mol. The molecule has 8 heteroatoms. The number of nitrogens with one attached hydrogen (secondary N) is 1. The number of anilines is 2. The Hall–Kier alpha value is -3.32. The van der Waals surface area contributed by atoms with Crippen LogP contribution in [0.4, 0.5) is 15.9 Å². The number of hydrogen-bond donors (Lipinski definition) is 1. The number of rotatable bonds is 6. The first kappa shape index (κ1) is 19.4. The van der Waals surface area contributed by atoms with Crippen LogP contribution in [-0.4, -0.2) is 30.0 Å². The second-order valence-corrected chi connectivity index (χ2v) is 6.20. The summed E-state index contributed by atoms with van der Waals surface area (Å²) in [4.78, 5) is 9.21. The van der Waals surface area contributed by atoms with Crippen molar-refractivity contribution >= 4 is 52.5 Å². The summed E-state index contributed by atoms with van der Waals surface area (Å²) in [6.45, 7) is 5.15. The third-order valence-electron chi connectivity index (χ3n) is 3.91. The lowest BCUT2D eigenvalue weighted by molar-refractivity contribution is 0.415. The van der Waals surface area contributed by atoms with E-state index in [1.165, 1.54) is 18.3 Å². The molecule has 0 saturated heterocycles. The number of hydrogen-bond acceptors (Lipinski definition) is 6. The molecule has 0 saturated carbocycles. The number of aromatic nitrogens is 2. The van der Waals surface area contributed by atoms with E-state index >= 15 is 0 Å². The summed E-state index contributed by atoms with van der Waals surface area (Å²) in [5.74, 6) is 1.23. The van der Waals surface area contributed by atoms with Gasteiger partial charge in [0.1, 0.15) is 17.4 Å². The summed E-state index contributed by atoms with van der Waals surface area (Å²) in [6, 6.07) is 9.87. The van der Waals surface area contributed by atoms with Gasteiger partial charge < -0.3 is 10.1 Å². The highest BCUT2D eigenvalue weighted by atomic mass is 35.5. The maximum absolute atomic E-state index is 13.5. The van der Waals surface area contributed by atoms with Gasteiger partial charge in [-0.15, -0.1) is 0 Å². The fourth-order valence-corrected chi connectivity index (χ4v) is 2.67. The highest BCUT2D eigenvalue weighted by Gasteiger charge is 2.11. The maximum atomic E-state index is 13.5. The van der Waals surface area contributed by atoms with Crippen molar-refractivity contribution in [1.82, 2.24) is 9.97 Å². The van der Waals surface area contributed by atoms with Gasteiger partial charge in [0, 0.05) is 30.1 Å². The molecule has 0 atom stereocenters. The van der Waals surface area contributed by atoms with E-state index in [4.69, 9.17) is 16.3 Å². The van der Waals surface area contributed by atoms with E-state index < -0.39 is 5.82 Å². The molecule has 0 aliphatic heterocycles. The molecule has 1 N–H and O–H groups in total.